The molecule has 0 radical (unpaired) electrons. The van der Waals surface area contributed by atoms with Gasteiger partial charge < -0.3 is 5.32 Å². The van der Waals surface area contributed by atoms with Crippen LogP contribution in [0.3, 0.4) is 0 Å². The third-order valence-corrected chi connectivity index (χ3v) is 4.04. The van der Waals surface area contributed by atoms with Crippen LogP contribution in [0.15, 0.2) is 11.4 Å². The van der Waals surface area contributed by atoms with Crippen molar-refractivity contribution in [3.8, 4) is 0 Å². The number of hydrogen-bond acceptors (Lipinski definition) is 3. The van der Waals surface area contributed by atoms with Gasteiger partial charge in [-0.3, -0.25) is 9.59 Å². The van der Waals surface area contributed by atoms with Crippen LogP contribution < -0.4 is 5.32 Å². The summed E-state index contributed by atoms with van der Waals surface area (Å²) in [5, 5.41) is 5.39. The fourth-order valence-corrected chi connectivity index (χ4v) is 2.93. The summed E-state index contributed by atoms with van der Waals surface area (Å²) < 4.78 is 0. The van der Waals surface area contributed by atoms with E-state index in [-0.39, 0.29) is 11.7 Å². The molecule has 4 heteroatoms. The number of fused-ring (bicyclic) bond motifs is 1. The predicted molar refractivity (Wildman–Crippen MR) is 53.6 cm³/mol. The van der Waals surface area contributed by atoms with Crippen LogP contribution in [0.2, 0.25) is 0 Å². The summed E-state index contributed by atoms with van der Waals surface area (Å²) in [6, 6.07) is 1.81. The fourth-order valence-electron chi connectivity index (χ4n) is 2.15. The second kappa shape index (κ2) is 2.45. The molecule has 2 aliphatic rings. The van der Waals surface area contributed by atoms with E-state index in [1.807, 2.05) is 11.4 Å². The lowest BCUT2D eigenvalue weighted by Crippen LogP contribution is -2.50. The standard InChI is InChI=1S/C10H9NO2S/c12-7-6-2-5-14-8(6)11-9(13)10(7)3-1-4-10/h2,5H,1,3-4H2,(H,11,13). The van der Waals surface area contributed by atoms with Crippen LogP contribution in [0.4, 0.5) is 5.00 Å². The molecule has 1 fully saturated rings. The van der Waals surface area contributed by atoms with E-state index in [0.29, 0.717) is 18.4 Å². The lowest BCUT2D eigenvalue weighted by Gasteiger charge is -2.40. The summed E-state index contributed by atoms with van der Waals surface area (Å²) in [7, 11) is 0. The van der Waals surface area contributed by atoms with Gasteiger partial charge in [-0.05, 0) is 24.3 Å². The summed E-state index contributed by atoms with van der Waals surface area (Å²) in [6.07, 6.45) is 2.42. The van der Waals surface area contributed by atoms with Gasteiger partial charge in [0.1, 0.15) is 10.4 Å². The Bertz CT molecular complexity index is 431. The summed E-state index contributed by atoms with van der Waals surface area (Å²) in [5.41, 5.74) is 0.00273. The normalized spacial score (nSPS) is 22.9. The molecule has 2 heterocycles. The van der Waals surface area contributed by atoms with Crippen LogP contribution >= 0.6 is 11.3 Å². The van der Waals surface area contributed by atoms with E-state index in [2.05, 4.69) is 5.32 Å². The fraction of sp³-hybridized carbons (Fsp3) is 0.400. The minimum absolute atomic E-state index is 0.0313. The molecule has 1 N–H and O–H groups in total. The topological polar surface area (TPSA) is 46.2 Å². The van der Waals surface area contributed by atoms with Crippen molar-refractivity contribution in [2.45, 2.75) is 19.3 Å². The number of carbonyl (C=O) groups excluding carboxylic acids is 2. The van der Waals surface area contributed by atoms with E-state index in [4.69, 9.17) is 0 Å². The van der Waals surface area contributed by atoms with E-state index in [1.165, 1.54) is 11.3 Å². The number of amides is 1. The quantitative estimate of drug-likeness (QED) is 0.662. The Kier molecular flexibility index (Phi) is 1.43. The molecule has 0 atom stereocenters. The van der Waals surface area contributed by atoms with Gasteiger partial charge in [0.25, 0.3) is 0 Å². The molecule has 3 rings (SSSR count). The predicted octanol–water partition coefficient (Wildman–Crippen LogP) is 2.05. The van der Waals surface area contributed by atoms with E-state index < -0.39 is 5.41 Å². The third kappa shape index (κ3) is 0.773. The SMILES string of the molecule is O=C1Nc2sccc2C(=O)C12CCC2. The van der Waals surface area contributed by atoms with Crippen molar-refractivity contribution in [3.63, 3.8) is 0 Å². The van der Waals surface area contributed by atoms with Crippen molar-refractivity contribution >= 4 is 28.0 Å². The lowest BCUT2D eigenvalue weighted by atomic mass is 9.63. The molecule has 1 spiro atoms. The molecular formula is C10H9NO2S. The van der Waals surface area contributed by atoms with Crippen molar-refractivity contribution in [1.82, 2.24) is 0 Å². The summed E-state index contributed by atoms with van der Waals surface area (Å²) in [4.78, 5) is 23.8. The molecule has 0 aromatic carbocycles. The third-order valence-electron chi connectivity index (χ3n) is 3.21. The molecule has 3 nitrogen and oxygen atoms in total. The van der Waals surface area contributed by atoms with Gasteiger partial charge >= 0.3 is 0 Å². The maximum atomic E-state index is 12.0. The molecule has 1 aliphatic carbocycles. The van der Waals surface area contributed by atoms with Crippen molar-refractivity contribution in [2.75, 3.05) is 5.32 Å². The molecule has 1 aromatic heterocycles. The zero-order valence-electron chi connectivity index (χ0n) is 7.50. The molecule has 1 aliphatic heterocycles. The lowest BCUT2D eigenvalue weighted by molar-refractivity contribution is -0.127. The first-order valence-electron chi connectivity index (χ1n) is 4.68. The van der Waals surface area contributed by atoms with Crippen molar-refractivity contribution in [3.05, 3.63) is 17.0 Å². The Balaban J connectivity index is 2.15. The molecule has 0 bridgehead atoms. The summed E-state index contributed by atoms with van der Waals surface area (Å²) in [6.45, 7) is 0. The number of ketones is 1. The number of nitrogens with one attached hydrogen (secondary N) is 1. The Morgan fingerprint density at radius 3 is 2.79 bits per heavy atom. The van der Waals surface area contributed by atoms with E-state index in [1.54, 1.807) is 0 Å². The molecule has 14 heavy (non-hydrogen) atoms. The molecular weight excluding hydrogens is 198 g/mol. The Hall–Kier alpha value is -1.16. The number of anilines is 1. The van der Waals surface area contributed by atoms with Crippen molar-refractivity contribution in [2.24, 2.45) is 5.41 Å². The first-order chi connectivity index (χ1) is 6.74. The van der Waals surface area contributed by atoms with Crippen molar-refractivity contribution in [1.29, 1.82) is 0 Å². The van der Waals surface area contributed by atoms with Crippen LogP contribution in [-0.4, -0.2) is 11.7 Å². The smallest absolute Gasteiger partial charge is 0.239 e. The first kappa shape index (κ1) is 8.17. The second-order valence-corrected chi connectivity index (χ2v) is 4.80. The molecule has 72 valence electrons. The maximum Gasteiger partial charge on any atom is 0.239 e. The number of carbonyl (C=O) groups is 2. The minimum Gasteiger partial charge on any atom is -0.316 e. The largest absolute Gasteiger partial charge is 0.316 e. The van der Waals surface area contributed by atoms with Gasteiger partial charge in [-0.25, -0.2) is 0 Å². The number of rotatable bonds is 0. The Labute approximate surface area is 85.1 Å². The van der Waals surface area contributed by atoms with E-state index in [0.717, 1.165) is 11.4 Å². The van der Waals surface area contributed by atoms with Crippen molar-refractivity contribution < 1.29 is 9.59 Å². The average Bonchev–Trinajstić information content (AvgIpc) is 2.49. The zero-order valence-corrected chi connectivity index (χ0v) is 8.32. The van der Waals surface area contributed by atoms with Gasteiger partial charge in [0.15, 0.2) is 5.78 Å². The van der Waals surface area contributed by atoms with Gasteiger partial charge in [-0.15, -0.1) is 11.3 Å². The number of thiophene rings is 1. The van der Waals surface area contributed by atoms with Gasteiger partial charge in [0, 0.05) is 0 Å². The minimum atomic E-state index is -0.700. The van der Waals surface area contributed by atoms with E-state index >= 15 is 0 Å². The number of Topliss-reactive ketones (excluding diaryl/α,β-unsaturated/α-hetero) is 1. The van der Waals surface area contributed by atoms with Gasteiger partial charge in [-0.1, -0.05) is 6.42 Å². The van der Waals surface area contributed by atoms with Crippen LogP contribution in [0, 0.1) is 5.41 Å². The number of hydrogen-bond donors (Lipinski definition) is 1. The van der Waals surface area contributed by atoms with Crippen LogP contribution in [0.5, 0.6) is 0 Å². The van der Waals surface area contributed by atoms with Crippen LogP contribution in [0.1, 0.15) is 29.6 Å². The second-order valence-electron chi connectivity index (χ2n) is 3.88. The maximum absolute atomic E-state index is 12.0. The van der Waals surface area contributed by atoms with Crippen LogP contribution in [-0.2, 0) is 4.79 Å². The molecule has 1 saturated carbocycles. The molecule has 0 unspecified atom stereocenters. The Morgan fingerprint density at radius 1 is 1.36 bits per heavy atom. The Morgan fingerprint density at radius 2 is 2.14 bits per heavy atom. The highest BCUT2D eigenvalue weighted by Crippen LogP contribution is 2.48. The molecule has 1 aromatic rings. The van der Waals surface area contributed by atoms with E-state index in [9.17, 15) is 9.59 Å². The summed E-state index contributed by atoms with van der Waals surface area (Å²) >= 11 is 1.42. The van der Waals surface area contributed by atoms with Gasteiger partial charge in [0.05, 0.1) is 5.56 Å². The molecule has 1 amide bonds. The van der Waals surface area contributed by atoms with Gasteiger partial charge in [-0.2, -0.15) is 0 Å². The van der Waals surface area contributed by atoms with Gasteiger partial charge in [0.2, 0.25) is 5.91 Å². The monoisotopic (exact) mass is 207 g/mol. The first-order valence-corrected chi connectivity index (χ1v) is 5.56. The highest BCUT2D eigenvalue weighted by molar-refractivity contribution is 7.15. The van der Waals surface area contributed by atoms with Crippen LogP contribution in [0.25, 0.3) is 0 Å². The zero-order chi connectivity index (χ0) is 9.76. The highest BCUT2D eigenvalue weighted by Gasteiger charge is 2.53. The average molecular weight is 207 g/mol. The highest BCUT2D eigenvalue weighted by atomic mass is 32.1. The molecule has 0 saturated heterocycles. The summed E-state index contributed by atoms with van der Waals surface area (Å²) in [5.74, 6) is -0.0625.